The van der Waals surface area contributed by atoms with Crippen molar-refractivity contribution in [1.29, 1.82) is 0 Å². The van der Waals surface area contributed by atoms with Gasteiger partial charge in [-0.3, -0.25) is 14.5 Å². The predicted molar refractivity (Wildman–Crippen MR) is 120 cm³/mol. The van der Waals surface area contributed by atoms with E-state index in [1.807, 2.05) is 31.2 Å². The molecule has 2 aliphatic heterocycles. The molecule has 0 N–H and O–H groups in total. The second kappa shape index (κ2) is 8.46. The van der Waals surface area contributed by atoms with Crippen LogP contribution in [0.4, 0.5) is 10.2 Å². The second-order valence-corrected chi connectivity index (χ2v) is 8.67. The maximum Gasteiger partial charge on any atom is 0.295 e. The van der Waals surface area contributed by atoms with E-state index in [0.29, 0.717) is 36.6 Å². The van der Waals surface area contributed by atoms with E-state index < -0.39 is 30.1 Å². The first kappa shape index (κ1) is 21.4. The zero-order chi connectivity index (χ0) is 23.1. The van der Waals surface area contributed by atoms with Gasteiger partial charge in [0.05, 0.1) is 17.5 Å². The number of Topliss-reactive ketones (excluding diaryl/α,β-unsaturated/α-hetero) is 1. The van der Waals surface area contributed by atoms with Crippen molar-refractivity contribution < 1.29 is 23.5 Å². The van der Waals surface area contributed by atoms with Gasteiger partial charge in [-0.05, 0) is 56.0 Å². The van der Waals surface area contributed by atoms with Gasteiger partial charge in [0, 0.05) is 5.69 Å². The number of ketones is 1. The summed E-state index contributed by atoms with van der Waals surface area (Å²) in [6, 6.07) is 11.9. The van der Waals surface area contributed by atoms with Gasteiger partial charge in [0.25, 0.3) is 5.91 Å². The summed E-state index contributed by atoms with van der Waals surface area (Å²) in [5.74, 6) is -0.124. The van der Waals surface area contributed by atoms with Crippen LogP contribution in [0.15, 0.2) is 66.5 Å². The quantitative estimate of drug-likeness (QED) is 0.634. The molecular formula is C26H25FN2O4. The molecule has 7 heteroatoms. The molecule has 33 heavy (non-hydrogen) atoms. The lowest BCUT2D eigenvalue weighted by atomic mass is 9.77. The number of carbonyl (C=O) groups is 2. The van der Waals surface area contributed by atoms with Gasteiger partial charge >= 0.3 is 0 Å². The highest BCUT2D eigenvalue weighted by atomic mass is 19.1. The summed E-state index contributed by atoms with van der Waals surface area (Å²) in [5, 5.41) is 0. The number of nitrogens with zero attached hydrogens (tertiary/aromatic N) is 2. The topological polar surface area (TPSA) is 68.7 Å². The summed E-state index contributed by atoms with van der Waals surface area (Å²) in [6.07, 6.45) is 0.999. The Hall–Kier alpha value is -3.48. The van der Waals surface area contributed by atoms with E-state index in [9.17, 15) is 14.0 Å². The number of amides is 1. The van der Waals surface area contributed by atoms with E-state index in [1.54, 1.807) is 24.3 Å². The number of aryl methyl sites for hydroxylation is 1. The first-order valence-electron chi connectivity index (χ1n) is 11.2. The van der Waals surface area contributed by atoms with Crippen LogP contribution in [0.1, 0.15) is 36.6 Å². The van der Waals surface area contributed by atoms with Crippen molar-refractivity contribution in [3.05, 3.63) is 77.7 Å². The fraction of sp³-hybridized carbons (Fsp3) is 0.346. The average Bonchev–Trinajstić information content (AvgIpc) is 3.11. The normalized spacial score (nSPS) is 26.5. The smallest absolute Gasteiger partial charge is 0.295 e. The van der Waals surface area contributed by atoms with Crippen LogP contribution >= 0.6 is 0 Å². The summed E-state index contributed by atoms with van der Waals surface area (Å²) >= 11 is 0. The van der Waals surface area contributed by atoms with Crippen LogP contribution in [0.5, 0.6) is 5.75 Å². The summed E-state index contributed by atoms with van der Waals surface area (Å²) < 4.78 is 26.0. The number of ether oxygens (including phenoxy) is 2. The van der Waals surface area contributed by atoms with Crippen LogP contribution in [-0.2, 0) is 14.3 Å². The van der Waals surface area contributed by atoms with Crippen LogP contribution in [0.2, 0.25) is 0 Å². The first-order chi connectivity index (χ1) is 16.0. The van der Waals surface area contributed by atoms with Crippen LogP contribution in [0.25, 0.3) is 0 Å². The summed E-state index contributed by atoms with van der Waals surface area (Å²) in [4.78, 5) is 33.3. The number of hydrogen-bond acceptors (Lipinski definition) is 5. The van der Waals surface area contributed by atoms with E-state index in [0.717, 1.165) is 5.69 Å². The van der Waals surface area contributed by atoms with Gasteiger partial charge in [0.1, 0.15) is 30.4 Å². The Bertz CT molecular complexity index is 1160. The number of fused-ring (bicyclic) bond motifs is 1. The van der Waals surface area contributed by atoms with Crippen LogP contribution in [0.3, 0.4) is 0 Å². The Morgan fingerprint density at radius 2 is 2.06 bits per heavy atom. The highest BCUT2D eigenvalue weighted by molar-refractivity contribution is 6.17. The third-order valence-corrected chi connectivity index (χ3v) is 6.45. The maximum absolute atomic E-state index is 14.2. The minimum Gasteiger partial charge on any atom is -0.490 e. The molecule has 3 heterocycles. The standard InChI is InChI=1S/C26H25FN2O4/c1-3-12-32-18-8-5-7-16(13-18)23-22-24(30)19-14-17(27)10-11-20(19)33-25(22)26(31)29(23)21-9-4-6-15(2)28-21/h3-9,13,17,19-20,23H,1,10-12,14H2,2H3. The van der Waals surface area contributed by atoms with Crippen molar-refractivity contribution in [2.45, 2.75) is 44.5 Å². The molecule has 6 nitrogen and oxygen atoms in total. The van der Waals surface area contributed by atoms with Crippen molar-refractivity contribution in [3.63, 3.8) is 0 Å². The largest absolute Gasteiger partial charge is 0.490 e. The molecular weight excluding hydrogens is 423 g/mol. The highest BCUT2D eigenvalue weighted by Crippen LogP contribution is 2.48. The van der Waals surface area contributed by atoms with E-state index in [4.69, 9.17) is 9.47 Å². The molecule has 0 spiro atoms. The number of pyridine rings is 1. The first-order valence-corrected chi connectivity index (χ1v) is 11.2. The third kappa shape index (κ3) is 3.71. The van der Waals surface area contributed by atoms with Gasteiger partial charge in [0.2, 0.25) is 0 Å². The Morgan fingerprint density at radius 1 is 1.24 bits per heavy atom. The van der Waals surface area contributed by atoms with Gasteiger partial charge in [-0.15, -0.1) is 0 Å². The maximum atomic E-state index is 14.2. The number of carbonyl (C=O) groups excluding carboxylic acids is 2. The number of alkyl halides is 1. The van der Waals surface area contributed by atoms with Crippen molar-refractivity contribution >= 4 is 17.5 Å². The van der Waals surface area contributed by atoms with Crippen molar-refractivity contribution in [2.24, 2.45) is 5.92 Å². The Kier molecular flexibility index (Phi) is 5.48. The Balaban J connectivity index is 1.63. The molecule has 4 atom stereocenters. The lowest BCUT2D eigenvalue weighted by Gasteiger charge is -2.36. The van der Waals surface area contributed by atoms with Crippen LogP contribution in [-0.4, -0.2) is 35.6 Å². The molecule has 4 unspecified atom stereocenters. The lowest BCUT2D eigenvalue weighted by molar-refractivity contribution is -0.133. The highest BCUT2D eigenvalue weighted by Gasteiger charge is 2.53. The molecule has 1 aromatic heterocycles. The summed E-state index contributed by atoms with van der Waals surface area (Å²) in [7, 11) is 0. The van der Waals surface area contributed by atoms with Gasteiger partial charge in [-0.2, -0.15) is 0 Å². The molecule has 0 radical (unpaired) electrons. The van der Waals surface area contributed by atoms with E-state index in [1.165, 1.54) is 4.90 Å². The zero-order valence-corrected chi connectivity index (χ0v) is 18.4. The third-order valence-electron chi connectivity index (χ3n) is 6.45. The molecule has 170 valence electrons. The predicted octanol–water partition coefficient (Wildman–Crippen LogP) is 4.40. The second-order valence-electron chi connectivity index (χ2n) is 8.67. The number of anilines is 1. The number of aromatic nitrogens is 1. The number of halogens is 1. The number of hydrogen-bond donors (Lipinski definition) is 0. The molecule has 1 saturated carbocycles. The molecule has 0 saturated heterocycles. The van der Waals surface area contributed by atoms with Crippen molar-refractivity contribution in [1.82, 2.24) is 4.98 Å². The van der Waals surface area contributed by atoms with E-state index in [-0.39, 0.29) is 23.5 Å². The minimum absolute atomic E-state index is 0.0595. The van der Waals surface area contributed by atoms with Gasteiger partial charge in [-0.25, -0.2) is 9.37 Å². The molecule has 1 amide bonds. The van der Waals surface area contributed by atoms with Crippen molar-refractivity contribution in [2.75, 3.05) is 11.5 Å². The molecule has 0 bridgehead atoms. The fourth-order valence-corrected chi connectivity index (χ4v) is 4.96. The van der Waals surface area contributed by atoms with E-state index in [2.05, 4.69) is 11.6 Å². The Morgan fingerprint density at radius 3 is 2.85 bits per heavy atom. The Labute approximate surface area is 191 Å². The van der Waals surface area contributed by atoms with Gasteiger partial charge < -0.3 is 9.47 Å². The van der Waals surface area contributed by atoms with Crippen LogP contribution < -0.4 is 9.64 Å². The SMILES string of the molecule is C=CCOc1cccc(C2C3=C(OC4CCC(F)CC4C3=O)C(=O)N2c2cccc(C)n2)c1. The van der Waals surface area contributed by atoms with Gasteiger partial charge in [0.15, 0.2) is 11.5 Å². The monoisotopic (exact) mass is 448 g/mol. The molecule has 5 rings (SSSR count). The summed E-state index contributed by atoms with van der Waals surface area (Å²) in [5.41, 5.74) is 1.72. The number of benzene rings is 1. The molecule has 1 aliphatic carbocycles. The fourth-order valence-electron chi connectivity index (χ4n) is 4.96. The number of rotatable bonds is 5. The van der Waals surface area contributed by atoms with Gasteiger partial charge in [-0.1, -0.05) is 30.9 Å². The van der Waals surface area contributed by atoms with Crippen molar-refractivity contribution in [3.8, 4) is 5.75 Å². The molecule has 1 aromatic carbocycles. The van der Waals surface area contributed by atoms with E-state index >= 15 is 0 Å². The van der Waals surface area contributed by atoms with Crippen LogP contribution in [0, 0.1) is 12.8 Å². The minimum atomic E-state index is -1.04. The molecule has 2 aromatic rings. The zero-order valence-electron chi connectivity index (χ0n) is 18.4. The molecule has 1 fully saturated rings. The lowest BCUT2D eigenvalue weighted by Crippen LogP contribution is -2.42. The molecule has 3 aliphatic rings. The summed E-state index contributed by atoms with van der Waals surface area (Å²) in [6.45, 7) is 5.84. The average molecular weight is 448 g/mol.